The number of nitriles is 1. The molecule has 0 bridgehead atoms. The van der Waals surface area contributed by atoms with Gasteiger partial charge in [-0.05, 0) is 35.3 Å². The van der Waals surface area contributed by atoms with E-state index < -0.39 is 5.41 Å². The smallest absolute Gasteiger partial charge is 0.142 e. The summed E-state index contributed by atoms with van der Waals surface area (Å²) in [5, 5.41) is 9.11. The van der Waals surface area contributed by atoms with E-state index in [0.29, 0.717) is 16.5 Å². The molecule has 0 radical (unpaired) electrons. The van der Waals surface area contributed by atoms with Gasteiger partial charge in [-0.1, -0.05) is 18.2 Å². The van der Waals surface area contributed by atoms with Crippen LogP contribution >= 0.6 is 15.9 Å². The van der Waals surface area contributed by atoms with Gasteiger partial charge in [0.05, 0.1) is 16.0 Å². The highest BCUT2D eigenvalue weighted by Gasteiger charge is 2.28. The van der Waals surface area contributed by atoms with Crippen LogP contribution < -0.4 is 0 Å². The molecule has 0 spiro atoms. The van der Waals surface area contributed by atoms with Gasteiger partial charge in [0.25, 0.3) is 0 Å². The zero-order valence-corrected chi connectivity index (χ0v) is 10.0. The molecule has 0 amide bonds. The largest absolute Gasteiger partial charge is 0.205 e. The molecular weight excluding hydrogens is 257 g/mol. The SMILES string of the molecule is C=CCC(C)(C#N)c1cccc(Br)c1F. The lowest BCUT2D eigenvalue weighted by Gasteiger charge is -2.21. The first kappa shape index (κ1) is 11.9. The van der Waals surface area contributed by atoms with E-state index >= 15 is 0 Å². The minimum atomic E-state index is -0.852. The first-order valence-electron chi connectivity index (χ1n) is 4.52. The molecule has 15 heavy (non-hydrogen) atoms. The monoisotopic (exact) mass is 267 g/mol. The van der Waals surface area contributed by atoms with Crippen LogP contribution in [0.5, 0.6) is 0 Å². The quantitative estimate of drug-likeness (QED) is 0.761. The molecule has 1 atom stereocenters. The molecule has 0 heterocycles. The van der Waals surface area contributed by atoms with Crippen LogP contribution in [0.3, 0.4) is 0 Å². The molecule has 1 nitrogen and oxygen atoms in total. The summed E-state index contributed by atoms with van der Waals surface area (Å²) in [6, 6.07) is 7.10. The number of nitrogens with zero attached hydrogens (tertiary/aromatic N) is 1. The molecule has 0 saturated carbocycles. The predicted octanol–water partition coefficient (Wildman–Crippen LogP) is 3.95. The molecule has 0 aliphatic heterocycles. The Bertz CT molecular complexity index is 422. The van der Waals surface area contributed by atoms with Gasteiger partial charge in [-0.2, -0.15) is 5.26 Å². The molecule has 0 aromatic heterocycles. The van der Waals surface area contributed by atoms with Gasteiger partial charge < -0.3 is 0 Å². The summed E-state index contributed by atoms with van der Waals surface area (Å²) in [4.78, 5) is 0. The lowest BCUT2D eigenvalue weighted by atomic mass is 9.81. The Morgan fingerprint density at radius 3 is 2.87 bits per heavy atom. The fourth-order valence-corrected chi connectivity index (χ4v) is 1.80. The summed E-state index contributed by atoms with van der Waals surface area (Å²) in [6.45, 7) is 5.29. The van der Waals surface area contributed by atoms with Crippen LogP contribution in [0, 0.1) is 17.1 Å². The molecule has 1 rings (SSSR count). The van der Waals surface area contributed by atoms with Crippen LogP contribution in [0.4, 0.5) is 4.39 Å². The van der Waals surface area contributed by atoms with Crippen LogP contribution in [0.15, 0.2) is 35.3 Å². The van der Waals surface area contributed by atoms with Gasteiger partial charge in [0.2, 0.25) is 0 Å². The number of halogens is 2. The van der Waals surface area contributed by atoms with E-state index in [1.807, 2.05) is 0 Å². The second-order valence-electron chi connectivity index (χ2n) is 3.54. The van der Waals surface area contributed by atoms with Crippen molar-refractivity contribution in [2.75, 3.05) is 0 Å². The van der Waals surface area contributed by atoms with Gasteiger partial charge in [-0.3, -0.25) is 0 Å². The fourth-order valence-electron chi connectivity index (χ4n) is 1.43. The Hall–Kier alpha value is -1.14. The predicted molar refractivity (Wildman–Crippen MR) is 61.9 cm³/mol. The van der Waals surface area contributed by atoms with E-state index in [0.717, 1.165) is 0 Å². The average molecular weight is 268 g/mol. The number of rotatable bonds is 3. The van der Waals surface area contributed by atoms with E-state index in [4.69, 9.17) is 5.26 Å². The topological polar surface area (TPSA) is 23.8 Å². The van der Waals surface area contributed by atoms with Gasteiger partial charge in [0, 0.05) is 5.56 Å². The third-order valence-corrected chi connectivity index (χ3v) is 2.96. The van der Waals surface area contributed by atoms with E-state index in [9.17, 15) is 4.39 Å². The number of hydrogen-bond donors (Lipinski definition) is 0. The molecule has 0 aliphatic rings. The Labute approximate surface area is 97.4 Å². The van der Waals surface area contributed by atoms with Crippen molar-refractivity contribution in [3.63, 3.8) is 0 Å². The molecule has 0 N–H and O–H groups in total. The van der Waals surface area contributed by atoms with Crippen molar-refractivity contribution in [1.29, 1.82) is 5.26 Å². The highest BCUT2D eigenvalue weighted by molar-refractivity contribution is 9.10. The van der Waals surface area contributed by atoms with E-state index in [1.165, 1.54) is 0 Å². The first-order valence-corrected chi connectivity index (χ1v) is 5.31. The van der Waals surface area contributed by atoms with Crippen LogP contribution in [-0.2, 0) is 5.41 Å². The highest BCUT2D eigenvalue weighted by Crippen LogP contribution is 2.32. The minimum absolute atomic E-state index is 0.372. The lowest BCUT2D eigenvalue weighted by molar-refractivity contribution is 0.537. The molecule has 0 aliphatic carbocycles. The summed E-state index contributed by atoms with van der Waals surface area (Å²) >= 11 is 3.11. The van der Waals surface area contributed by atoms with Crippen molar-refractivity contribution >= 4 is 15.9 Å². The van der Waals surface area contributed by atoms with E-state index in [2.05, 4.69) is 28.6 Å². The van der Waals surface area contributed by atoms with Crippen molar-refractivity contribution in [2.24, 2.45) is 0 Å². The average Bonchev–Trinajstić information content (AvgIpc) is 2.22. The second kappa shape index (κ2) is 4.59. The van der Waals surface area contributed by atoms with Gasteiger partial charge in [0.15, 0.2) is 0 Å². The fraction of sp³-hybridized carbons (Fsp3) is 0.250. The maximum absolute atomic E-state index is 13.8. The lowest BCUT2D eigenvalue weighted by Crippen LogP contribution is -2.20. The molecular formula is C12H11BrFN. The summed E-state index contributed by atoms with van der Waals surface area (Å²) in [5.74, 6) is -0.372. The van der Waals surface area contributed by atoms with Crippen LogP contribution in [0.25, 0.3) is 0 Å². The van der Waals surface area contributed by atoms with Crippen LogP contribution in [0.2, 0.25) is 0 Å². The Morgan fingerprint density at radius 1 is 1.67 bits per heavy atom. The maximum Gasteiger partial charge on any atom is 0.142 e. The third kappa shape index (κ3) is 2.27. The summed E-state index contributed by atoms with van der Waals surface area (Å²) in [6.07, 6.45) is 2.06. The number of benzene rings is 1. The normalized spacial score (nSPS) is 14.0. The zero-order valence-electron chi connectivity index (χ0n) is 8.43. The Balaban J connectivity index is 3.31. The van der Waals surface area contributed by atoms with Gasteiger partial charge in [0.1, 0.15) is 5.82 Å². The van der Waals surface area contributed by atoms with Crippen LogP contribution in [-0.4, -0.2) is 0 Å². The van der Waals surface area contributed by atoms with Crippen molar-refractivity contribution in [3.05, 3.63) is 46.7 Å². The van der Waals surface area contributed by atoms with Crippen molar-refractivity contribution in [2.45, 2.75) is 18.8 Å². The van der Waals surface area contributed by atoms with Gasteiger partial charge >= 0.3 is 0 Å². The molecule has 0 saturated heterocycles. The first-order chi connectivity index (χ1) is 7.05. The molecule has 1 unspecified atom stereocenters. The van der Waals surface area contributed by atoms with Crippen LogP contribution in [0.1, 0.15) is 18.9 Å². The molecule has 1 aromatic carbocycles. The Morgan fingerprint density at radius 2 is 2.33 bits per heavy atom. The minimum Gasteiger partial charge on any atom is -0.205 e. The third-order valence-electron chi connectivity index (χ3n) is 2.35. The molecule has 3 heteroatoms. The number of hydrogen-bond acceptors (Lipinski definition) is 1. The Kier molecular flexibility index (Phi) is 3.65. The van der Waals surface area contributed by atoms with Crippen molar-refractivity contribution in [3.8, 4) is 6.07 Å². The molecule has 78 valence electrons. The second-order valence-corrected chi connectivity index (χ2v) is 4.39. The summed E-state index contributed by atoms with van der Waals surface area (Å²) in [7, 11) is 0. The standard InChI is InChI=1S/C12H11BrFN/c1-3-7-12(2,8-15)9-5-4-6-10(13)11(9)14/h3-6H,1,7H2,2H3. The summed E-state index contributed by atoms with van der Waals surface area (Å²) < 4.78 is 14.2. The van der Waals surface area contributed by atoms with E-state index in [-0.39, 0.29) is 5.82 Å². The van der Waals surface area contributed by atoms with Crippen molar-refractivity contribution in [1.82, 2.24) is 0 Å². The molecule has 1 aromatic rings. The van der Waals surface area contributed by atoms with Gasteiger partial charge in [-0.15, -0.1) is 6.58 Å². The maximum atomic E-state index is 13.8. The van der Waals surface area contributed by atoms with E-state index in [1.54, 1.807) is 31.2 Å². The molecule has 0 fully saturated rings. The summed E-state index contributed by atoms with van der Waals surface area (Å²) in [5.41, 5.74) is -0.449. The highest BCUT2D eigenvalue weighted by atomic mass is 79.9. The van der Waals surface area contributed by atoms with Gasteiger partial charge in [-0.25, -0.2) is 4.39 Å². The van der Waals surface area contributed by atoms with Crippen molar-refractivity contribution < 1.29 is 4.39 Å². The zero-order chi connectivity index (χ0) is 11.5. The number of allylic oxidation sites excluding steroid dienone is 1.